The number of carbonyl (C=O) groups excluding carboxylic acids is 1. The molecule has 0 aliphatic rings. The molecule has 1 aromatic heterocycles. The minimum Gasteiger partial charge on any atom is -0.376 e. The van der Waals surface area contributed by atoms with Gasteiger partial charge in [0.1, 0.15) is 0 Å². The fourth-order valence-corrected chi connectivity index (χ4v) is 2.77. The normalized spacial score (nSPS) is 11.0. The summed E-state index contributed by atoms with van der Waals surface area (Å²) >= 11 is 6.05. The van der Waals surface area contributed by atoms with Crippen molar-refractivity contribution in [2.45, 2.75) is 0 Å². The molecule has 4 nitrogen and oxygen atoms in total. The molecule has 25 heavy (non-hydrogen) atoms. The van der Waals surface area contributed by atoms with E-state index < -0.39 is 0 Å². The third-order valence-corrected chi connectivity index (χ3v) is 4.01. The van der Waals surface area contributed by atoms with Crippen molar-refractivity contribution in [2.75, 3.05) is 24.3 Å². The minimum absolute atomic E-state index is 0.224. The van der Waals surface area contributed by atoms with Crippen LogP contribution in [0.4, 0.5) is 11.4 Å². The first kappa shape index (κ1) is 17.0. The number of halogens is 1. The highest BCUT2D eigenvalue weighted by Crippen LogP contribution is 2.28. The summed E-state index contributed by atoms with van der Waals surface area (Å²) < 4.78 is 0. The van der Waals surface area contributed by atoms with Crippen LogP contribution in [-0.4, -0.2) is 25.0 Å². The molecule has 3 rings (SSSR count). The number of hydrogen-bond donors (Lipinski definition) is 1. The fraction of sp³-hybridized carbons (Fsp3) is 0.100. The van der Waals surface area contributed by atoms with Crippen molar-refractivity contribution in [3.05, 3.63) is 71.4 Å². The molecule has 0 spiro atoms. The standard InChI is InChI=1S/C20H18ClN3O/c1-24(2)18-10-9-16(21)13-17(18)23-19(25)11-8-15-6-3-5-14-7-4-12-22-20(14)15/h3-13H,1-2H3,(H,23,25)/b11-8+. The predicted molar refractivity (Wildman–Crippen MR) is 105 cm³/mol. The number of pyridine rings is 1. The summed E-state index contributed by atoms with van der Waals surface area (Å²) in [6.07, 6.45) is 5.02. The summed E-state index contributed by atoms with van der Waals surface area (Å²) in [5, 5.41) is 4.49. The summed E-state index contributed by atoms with van der Waals surface area (Å²) in [5.41, 5.74) is 3.32. The van der Waals surface area contributed by atoms with Gasteiger partial charge in [0.2, 0.25) is 5.91 Å². The number of fused-ring (bicyclic) bond motifs is 1. The van der Waals surface area contributed by atoms with Gasteiger partial charge in [-0.1, -0.05) is 35.9 Å². The van der Waals surface area contributed by atoms with Gasteiger partial charge in [0.25, 0.3) is 0 Å². The lowest BCUT2D eigenvalue weighted by Crippen LogP contribution is -2.15. The second kappa shape index (κ2) is 7.36. The smallest absolute Gasteiger partial charge is 0.248 e. The number of hydrogen-bond acceptors (Lipinski definition) is 3. The lowest BCUT2D eigenvalue weighted by molar-refractivity contribution is -0.111. The zero-order valence-electron chi connectivity index (χ0n) is 14.0. The summed E-state index contributed by atoms with van der Waals surface area (Å²) in [6.45, 7) is 0. The van der Waals surface area contributed by atoms with Crippen LogP contribution in [0.3, 0.4) is 0 Å². The van der Waals surface area contributed by atoms with Gasteiger partial charge in [-0.2, -0.15) is 0 Å². The highest BCUT2D eigenvalue weighted by molar-refractivity contribution is 6.31. The van der Waals surface area contributed by atoms with E-state index in [-0.39, 0.29) is 5.91 Å². The Morgan fingerprint density at radius 1 is 1.16 bits per heavy atom. The molecule has 3 aromatic rings. The second-order valence-electron chi connectivity index (χ2n) is 5.80. The number of nitrogens with one attached hydrogen (secondary N) is 1. The van der Waals surface area contributed by atoms with Crippen molar-refractivity contribution in [3.63, 3.8) is 0 Å². The Labute approximate surface area is 151 Å². The molecular formula is C20H18ClN3O. The van der Waals surface area contributed by atoms with E-state index in [2.05, 4.69) is 10.3 Å². The van der Waals surface area contributed by atoms with Crippen molar-refractivity contribution in [3.8, 4) is 0 Å². The Hall–Kier alpha value is -2.85. The summed E-state index contributed by atoms with van der Waals surface area (Å²) in [7, 11) is 3.83. The van der Waals surface area contributed by atoms with Crippen molar-refractivity contribution < 1.29 is 4.79 Å². The van der Waals surface area contributed by atoms with Crippen LogP contribution >= 0.6 is 11.6 Å². The number of nitrogens with zero attached hydrogens (tertiary/aromatic N) is 2. The summed E-state index contributed by atoms with van der Waals surface area (Å²) in [5.74, 6) is -0.224. The van der Waals surface area contributed by atoms with Crippen molar-refractivity contribution in [2.24, 2.45) is 0 Å². The SMILES string of the molecule is CN(C)c1ccc(Cl)cc1NC(=O)/C=C/c1cccc2cccnc12. The molecule has 0 aliphatic carbocycles. The maximum absolute atomic E-state index is 12.3. The molecule has 0 radical (unpaired) electrons. The second-order valence-corrected chi connectivity index (χ2v) is 6.24. The fourth-order valence-electron chi connectivity index (χ4n) is 2.60. The van der Waals surface area contributed by atoms with Crippen LogP contribution < -0.4 is 10.2 Å². The molecule has 1 amide bonds. The first-order chi connectivity index (χ1) is 12.0. The molecule has 1 heterocycles. The summed E-state index contributed by atoms with van der Waals surface area (Å²) in [4.78, 5) is 18.6. The Kier molecular flexibility index (Phi) is 5.00. The van der Waals surface area contributed by atoms with Crippen LogP contribution in [0.25, 0.3) is 17.0 Å². The van der Waals surface area contributed by atoms with E-state index in [0.717, 1.165) is 22.2 Å². The molecule has 5 heteroatoms. The van der Waals surface area contributed by atoms with Crippen LogP contribution in [-0.2, 0) is 4.79 Å². The Balaban J connectivity index is 1.83. The van der Waals surface area contributed by atoms with Crippen LogP contribution in [0.15, 0.2) is 60.8 Å². The van der Waals surface area contributed by atoms with E-state index in [1.165, 1.54) is 6.08 Å². The molecule has 0 bridgehead atoms. The molecule has 126 valence electrons. The van der Waals surface area contributed by atoms with Crippen LogP contribution in [0.5, 0.6) is 0 Å². The van der Waals surface area contributed by atoms with Crippen molar-refractivity contribution in [1.29, 1.82) is 0 Å². The number of carbonyl (C=O) groups is 1. The van der Waals surface area contributed by atoms with Gasteiger partial charge in [-0.15, -0.1) is 0 Å². The first-order valence-corrected chi connectivity index (χ1v) is 8.22. The number of aromatic nitrogens is 1. The van der Waals surface area contributed by atoms with E-state index in [4.69, 9.17) is 11.6 Å². The van der Waals surface area contributed by atoms with Gasteiger partial charge in [0.15, 0.2) is 0 Å². The average Bonchev–Trinajstić information content (AvgIpc) is 2.59. The lowest BCUT2D eigenvalue weighted by atomic mass is 10.1. The highest BCUT2D eigenvalue weighted by Gasteiger charge is 2.08. The molecule has 1 N–H and O–H groups in total. The molecule has 0 fully saturated rings. The number of para-hydroxylation sites is 1. The van der Waals surface area contributed by atoms with Crippen LogP contribution in [0.2, 0.25) is 5.02 Å². The molecule has 0 atom stereocenters. The lowest BCUT2D eigenvalue weighted by Gasteiger charge is -2.17. The third-order valence-electron chi connectivity index (χ3n) is 3.78. The molecule has 0 unspecified atom stereocenters. The van der Waals surface area contributed by atoms with Gasteiger partial charge in [0, 0.05) is 42.3 Å². The monoisotopic (exact) mass is 351 g/mol. The van der Waals surface area contributed by atoms with Crippen LogP contribution in [0, 0.1) is 0 Å². The molecule has 2 aromatic carbocycles. The van der Waals surface area contributed by atoms with Gasteiger partial charge in [-0.25, -0.2) is 0 Å². The van der Waals surface area contributed by atoms with Gasteiger partial charge in [-0.05, 0) is 30.3 Å². The molecular weight excluding hydrogens is 334 g/mol. The quantitative estimate of drug-likeness (QED) is 0.698. The minimum atomic E-state index is -0.224. The van der Waals surface area contributed by atoms with E-state index in [1.807, 2.05) is 55.4 Å². The van der Waals surface area contributed by atoms with E-state index in [1.54, 1.807) is 24.4 Å². The Morgan fingerprint density at radius 3 is 2.76 bits per heavy atom. The number of benzene rings is 2. The van der Waals surface area contributed by atoms with Gasteiger partial charge < -0.3 is 10.2 Å². The van der Waals surface area contributed by atoms with E-state index in [9.17, 15) is 4.79 Å². The molecule has 0 aliphatic heterocycles. The van der Waals surface area contributed by atoms with Gasteiger partial charge in [0.05, 0.1) is 16.9 Å². The number of amides is 1. The number of rotatable bonds is 4. The van der Waals surface area contributed by atoms with E-state index >= 15 is 0 Å². The summed E-state index contributed by atoms with van der Waals surface area (Å²) in [6, 6.07) is 15.2. The Bertz CT molecular complexity index is 945. The maximum atomic E-state index is 12.3. The highest BCUT2D eigenvalue weighted by atomic mass is 35.5. The Morgan fingerprint density at radius 2 is 1.96 bits per heavy atom. The largest absolute Gasteiger partial charge is 0.376 e. The average molecular weight is 352 g/mol. The molecule has 0 saturated heterocycles. The zero-order chi connectivity index (χ0) is 17.8. The number of anilines is 2. The predicted octanol–water partition coefficient (Wildman–Crippen LogP) is 4.61. The van der Waals surface area contributed by atoms with Gasteiger partial charge >= 0.3 is 0 Å². The maximum Gasteiger partial charge on any atom is 0.248 e. The van der Waals surface area contributed by atoms with Crippen LogP contribution in [0.1, 0.15) is 5.56 Å². The van der Waals surface area contributed by atoms with E-state index in [0.29, 0.717) is 10.7 Å². The van der Waals surface area contributed by atoms with Crippen molar-refractivity contribution >= 4 is 45.9 Å². The van der Waals surface area contributed by atoms with Gasteiger partial charge in [-0.3, -0.25) is 9.78 Å². The molecule has 0 saturated carbocycles. The first-order valence-electron chi connectivity index (χ1n) is 7.84. The van der Waals surface area contributed by atoms with Crippen molar-refractivity contribution in [1.82, 2.24) is 4.98 Å². The topological polar surface area (TPSA) is 45.2 Å². The zero-order valence-corrected chi connectivity index (χ0v) is 14.8. The third kappa shape index (κ3) is 3.98.